The van der Waals surface area contributed by atoms with Gasteiger partial charge in [0.1, 0.15) is 5.75 Å². The SMILES string of the molecule is COc1ccccc1N1CCN(CCCCC2NC(=O)C(=O)S2)CC1. The first-order valence-electron chi connectivity index (χ1n) is 8.79. The van der Waals surface area contributed by atoms with Crippen LogP contribution in [-0.4, -0.2) is 61.1 Å². The van der Waals surface area contributed by atoms with Crippen molar-refractivity contribution in [3.8, 4) is 5.75 Å². The van der Waals surface area contributed by atoms with E-state index in [2.05, 4.69) is 27.2 Å². The molecule has 25 heavy (non-hydrogen) atoms. The number of anilines is 1. The van der Waals surface area contributed by atoms with E-state index >= 15 is 0 Å². The smallest absolute Gasteiger partial charge is 0.299 e. The average Bonchev–Trinajstić information content (AvgIpc) is 2.97. The molecule has 136 valence electrons. The van der Waals surface area contributed by atoms with E-state index in [-0.39, 0.29) is 10.5 Å². The topological polar surface area (TPSA) is 61.9 Å². The molecule has 2 aliphatic rings. The molecule has 0 aromatic heterocycles. The summed E-state index contributed by atoms with van der Waals surface area (Å²) in [6.07, 6.45) is 2.98. The molecule has 2 heterocycles. The van der Waals surface area contributed by atoms with Crippen LogP contribution >= 0.6 is 11.8 Å². The number of carbonyl (C=O) groups is 2. The van der Waals surface area contributed by atoms with E-state index in [4.69, 9.17) is 4.74 Å². The quantitative estimate of drug-likeness (QED) is 0.588. The van der Waals surface area contributed by atoms with Crippen molar-refractivity contribution >= 4 is 28.5 Å². The Bertz CT molecular complexity index is 601. The van der Waals surface area contributed by atoms with Crippen molar-refractivity contribution in [3.63, 3.8) is 0 Å². The molecule has 1 aromatic rings. The number of nitrogens with one attached hydrogen (secondary N) is 1. The summed E-state index contributed by atoms with van der Waals surface area (Å²) in [5.41, 5.74) is 1.17. The van der Waals surface area contributed by atoms with Gasteiger partial charge in [-0.1, -0.05) is 23.9 Å². The van der Waals surface area contributed by atoms with Crippen molar-refractivity contribution in [2.45, 2.75) is 24.6 Å². The third-order valence-corrected chi connectivity index (χ3v) is 5.75. The number of rotatable bonds is 7. The fourth-order valence-corrected chi connectivity index (χ4v) is 4.19. The average molecular weight is 363 g/mol. The van der Waals surface area contributed by atoms with Crippen molar-refractivity contribution in [2.75, 3.05) is 44.7 Å². The highest BCUT2D eigenvalue weighted by molar-refractivity contribution is 8.16. The minimum Gasteiger partial charge on any atom is -0.495 e. The lowest BCUT2D eigenvalue weighted by atomic mass is 10.2. The summed E-state index contributed by atoms with van der Waals surface area (Å²) >= 11 is 1.13. The number of hydrogen-bond donors (Lipinski definition) is 1. The van der Waals surface area contributed by atoms with Crippen molar-refractivity contribution in [1.29, 1.82) is 0 Å². The van der Waals surface area contributed by atoms with Gasteiger partial charge in [-0.05, 0) is 37.9 Å². The fourth-order valence-electron chi connectivity index (χ4n) is 3.32. The molecule has 0 aliphatic carbocycles. The van der Waals surface area contributed by atoms with Gasteiger partial charge in [0.2, 0.25) is 0 Å². The maximum atomic E-state index is 11.2. The van der Waals surface area contributed by atoms with Gasteiger partial charge in [-0.25, -0.2) is 0 Å². The Labute approximate surface area is 152 Å². The van der Waals surface area contributed by atoms with E-state index in [1.54, 1.807) is 7.11 Å². The van der Waals surface area contributed by atoms with Crippen molar-refractivity contribution in [3.05, 3.63) is 24.3 Å². The summed E-state index contributed by atoms with van der Waals surface area (Å²) in [5, 5.41) is 2.34. The van der Waals surface area contributed by atoms with Crippen LogP contribution < -0.4 is 15.0 Å². The van der Waals surface area contributed by atoms with Gasteiger partial charge >= 0.3 is 0 Å². The van der Waals surface area contributed by atoms with E-state index in [1.807, 2.05) is 12.1 Å². The maximum Gasteiger partial charge on any atom is 0.299 e. The van der Waals surface area contributed by atoms with Gasteiger partial charge in [0, 0.05) is 26.2 Å². The number of carbonyl (C=O) groups excluding carboxylic acids is 2. The molecule has 1 atom stereocenters. The Kier molecular flexibility index (Phi) is 6.20. The molecule has 1 unspecified atom stereocenters. The Morgan fingerprint density at radius 2 is 1.92 bits per heavy atom. The number of unbranched alkanes of at least 4 members (excludes halogenated alkanes) is 1. The van der Waals surface area contributed by atoms with Crippen LogP contribution in [0.1, 0.15) is 19.3 Å². The highest BCUT2D eigenvalue weighted by atomic mass is 32.2. The summed E-state index contributed by atoms with van der Waals surface area (Å²) < 4.78 is 5.46. The van der Waals surface area contributed by atoms with E-state index in [0.717, 1.165) is 69.5 Å². The van der Waals surface area contributed by atoms with Crippen molar-refractivity contribution in [2.24, 2.45) is 0 Å². The molecule has 2 saturated heterocycles. The predicted molar refractivity (Wildman–Crippen MR) is 100 cm³/mol. The number of nitrogens with zero attached hydrogens (tertiary/aromatic N) is 2. The van der Waals surface area contributed by atoms with Gasteiger partial charge in [-0.15, -0.1) is 0 Å². The standard InChI is InChI=1S/C18H25N3O3S/c1-24-15-7-3-2-6-14(15)21-12-10-20(11-13-21)9-5-4-8-16-19-17(22)18(23)25-16/h2-3,6-7,16H,4-5,8-13H2,1H3,(H,19,22). The van der Waals surface area contributed by atoms with Gasteiger partial charge in [-0.2, -0.15) is 0 Å². The number of benzene rings is 1. The molecule has 1 N–H and O–H groups in total. The largest absolute Gasteiger partial charge is 0.495 e. The zero-order chi connectivity index (χ0) is 17.6. The normalized spacial score (nSPS) is 21.5. The number of para-hydroxylation sites is 2. The van der Waals surface area contributed by atoms with Crippen LogP contribution in [0.5, 0.6) is 5.75 Å². The molecule has 0 saturated carbocycles. The Morgan fingerprint density at radius 1 is 1.16 bits per heavy atom. The molecular formula is C18H25N3O3S. The maximum absolute atomic E-state index is 11.2. The zero-order valence-electron chi connectivity index (χ0n) is 14.6. The molecule has 0 bridgehead atoms. The van der Waals surface area contributed by atoms with Gasteiger partial charge < -0.3 is 15.0 Å². The lowest BCUT2D eigenvalue weighted by Crippen LogP contribution is -2.46. The second-order valence-electron chi connectivity index (χ2n) is 6.36. The lowest BCUT2D eigenvalue weighted by Gasteiger charge is -2.36. The molecule has 0 radical (unpaired) electrons. The summed E-state index contributed by atoms with van der Waals surface area (Å²) in [7, 11) is 1.72. The lowest BCUT2D eigenvalue weighted by molar-refractivity contribution is -0.132. The van der Waals surface area contributed by atoms with Crippen LogP contribution in [-0.2, 0) is 9.59 Å². The first-order valence-corrected chi connectivity index (χ1v) is 9.67. The highest BCUT2D eigenvalue weighted by Crippen LogP contribution is 2.28. The van der Waals surface area contributed by atoms with Crippen molar-refractivity contribution < 1.29 is 14.3 Å². The number of ether oxygens (including phenoxy) is 1. The van der Waals surface area contributed by atoms with Crippen LogP contribution in [0.25, 0.3) is 0 Å². The van der Waals surface area contributed by atoms with Gasteiger partial charge in [0.15, 0.2) is 0 Å². The third-order valence-electron chi connectivity index (χ3n) is 4.72. The molecule has 6 nitrogen and oxygen atoms in total. The molecular weight excluding hydrogens is 338 g/mol. The number of methoxy groups -OCH3 is 1. The molecule has 7 heteroatoms. The molecule has 1 aromatic carbocycles. The number of piperazine rings is 1. The molecule has 2 aliphatic heterocycles. The number of amides is 1. The van der Waals surface area contributed by atoms with E-state index in [0.29, 0.717) is 0 Å². The first-order chi connectivity index (χ1) is 12.2. The number of thioether (sulfide) groups is 1. The minimum absolute atomic E-state index is 0.0256. The highest BCUT2D eigenvalue weighted by Gasteiger charge is 2.30. The predicted octanol–water partition coefficient (Wildman–Crippen LogP) is 1.70. The monoisotopic (exact) mass is 363 g/mol. The van der Waals surface area contributed by atoms with Crippen LogP contribution in [0.4, 0.5) is 5.69 Å². The Balaban J connectivity index is 1.35. The zero-order valence-corrected chi connectivity index (χ0v) is 15.4. The summed E-state index contributed by atoms with van der Waals surface area (Å²) in [6, 6.07) is 8.17. The van der Waals surface area contributed by atoms with Gasteiger partial charge in [-0.3, -0.25) is 14.5 Å². The Morgan fingerprint density at radius 3 is 2.60 bits per heavy atom. The summed E-state index contributed by atoms with van der Waals surface area (Å²) in [6.45, 7) is 5.17. The van der Waals surface area contributed by atoms with E-state index in [1.165, 1.54) is 5.69 Å². The molecule has 3 rings (SSSR count). The summed E-state index contributed by atoms with van der Waals surface area (Å²) in [4.78, 5) is 27.2. The fraction of sp³-hybridized carbons (Fsp3) is 0.556. The minimum atomic E-state index is -0.442. The van der Waals surface area contributed by atoms with E-state index in [9.17, 15) is 9.59 Å². The van der Waals surface area contributed by atoms with Crippen molar-refractivity contribution in [1.82, 2.24) is 10.2 Å². The van der Waals surface area contributed by atoms with Gasteiger partial charge in [0.05, 0.1) is 18.2 Å². The van der Waals surface area contributed by atoms with Crippen LogP contribution in [0.3, 0.4) is 0 Å². The van der Waals surface area contributed by atoms with Gasteiger partial charge in [0.25, 0.3) is 11.0 Å². The molecule has 2 fully saturated rings. The summed E-state index contributed by atoms with van der Waals surface area (Å²) in [5.74, 6) is 0.490. The second kappa shape index (κ2) is 8.58. The van der Waals surface area contributed by atoms with Crippen LogP contribution in [0.2, 0.25) is 0 Å². The molecule has 0 spiro atoms. The first kappa shape index (κ1) is 18.1. The molecule has 1 amide bonds. The second-order valence-corrected chi connectivity index (χ2v) is 7.54. The van der Waals surface area contributed by atoms with Crippen LogP contribution in [0.15, 0.2) is 24.3 Å². The van der Waals surface area contributed by atoms with Crippen LogP contribution in [0, 0.1) is 0 Å². The third kappa shape index (κ3) is 4.67. The van der Waals surface area contributed by atoms with E-state index < -0.39 is 5.91 Å². The number of hydrogen-bond acceptors (Lipinski definition) is 6. The Hall–Kier alpha value is -1.73.